The molecule has 0 saturated carbocycles. The summed E-state index contributed by atoms with van der Waals surface area (Å²) in [6.45, 7) is 43.0. The number of phenolic OH excluding ortho intramolecular Hbond substituents is 4. The molecule has 0 aliphatic rings. The predicted octanol–water partition coefficient (Wildman–Crippen LogP) is 14.5. The Kier molecular flexibility index (Phi) is 12.6. The van der Waals surface area contributed by atoms with Crippen molar-refractivity contribution in [3.63, 3.8) is 0 Å². The third-order valence-electron chi connectivity index (χ3n) is 12.1. The van der Waals surface area contributed by atoms with Crippen LogP contribution in [0.1, 0.15) is 196 Å². The minimum Gasteiger partial charge on any atom is -0.507 e. The van der Waals surface area contributed by atoms with Gasteiger partial charge in [-0.15, -0.1) is 0 Å². The molecule has 4 aromatic rings. The average Bonchev–Trinajstić information content (AvgIpc) is 3.02. The zero-order valence-corrected chi connectivity index (χ0v) is 40.0. The van der Waals surface area contributed by atoms with Crippen LogP contribution in [0, 0.1) is 39.0 Å². The molecule has 0 saturated heterocycles. The maximum Gasteiger partial charge on any atom is 0.123 e. The molecular formula is C54H78O4. The number of rotatable bonds is 8. The number of hydrogen-bond acceptors (Lipinski definition) is 4. The predicted molar refractivity (Wildman–Crippen MR) is 247 cm³/mol. The molecule has 0 fully saturated rings. The summed E-state index contributed by atoms with van der Waals surface area (Å²) in [7, 11) is 0. The number of benzene rings is 4. The SMILES string of the molecule is Cc1cc(C)c(O)c(C(CC(C)CC(C)(C)C)(c2cc(C)cc(C)c2O)C(c2cc(C(C)(C)C)c(O)c(C(C)(C)C)c2)c2cc(C(C)(C)C)c(O)c(C(C)(C)C)c2)c1. The van der Waals surface area contributed by atoms with Crippen molar-refractivity contribution in [3.8, 4) is 23.0 Å². The first kappa shape index (κ1) is 46.8. The molecule has 0 aliphatic heterocycles. The minimum atomic E-state index is -1.06. The Bertz CT molecular complexity index is 1940. The Morgan fingerprint density at radius 1 is 0.397 bits per heavy atom. The first-order valence-electron chi connectivity index (χ1n) is 21.5. The van der Waals surface area contributed by atoms with Gasteiger partial charge in [0.05, 0.1) is 0 Å². The van der Waals surface area contributed by atoms with Crippen LogP contribution in [0.4, 0.5) is 0 Å². The van der Waals surface area contributed by atoms with Gasteiger partial charge < -0.3 is 20.4 Å². The fourth-order valence-corrected chi connectivity index (χ4v) is 9.76. The number of aromatic hydroxyl groups is 4. The van der Waals surface area contributed by atoms with E-state index in [1.54, 1.807) is 0 Å². The molecule has 0 aliphatic carbocycles. The smallest absolute Gasteiger partial charge is 0.123 e. The molecule has 0 heterocycles. The summed E-state index contributed by atoms with van der Waals surface area (Å²) in [6.07, 6.45) is 1.50. The molecule has 0 radical (unpaired) electrons. The van der Waals surface area contributed by atoms with Gasteiger partial charge in [0.25, 0.3) is 0 Å². The van der Waals surface area contributed by atoms with Crippen molar-refractivity contribution in [2.75, 3.05) is 0 Å². The number of phenols is 4. The van der Waals surface area contributed by atoms with Gasteiger partial charge >= 0.3 is 0 Å². The largest absolute Gasteiger partial charge is 0.507 e. The molecule has 0 amide bonds. The second-order valence-electron chi connectivity index (χ2n) is 23.4. The molecule has 4 N–H and O–H groups in total. The summed E-state index contributed by atoms with van der Waals surface area (Å²) in [6, 6.07) is 17.1. The van der Waals surface area contributed by atoms with Crippen LogP contribution in [0.3, 0.4) is 0 Å². The molecule has 4 heteroatoms. The summed E-state index contributed by atoms with van der Waals surface area (Å²) in [5, 5.41) is 49.8. The summed E-state index contributed by atoms with van der Waals surface area (Å²) in [5.74, 6) is 0.649. The van der Waals surface area contributed by atoms with Crippen LogP contribution in [-0.2, 0) is 27.1 Å². The highest BCUT2D eigenvalue weighted by Crippen LogP contribution is 2.60. The van der Waals surface area contributed by atoms with E-state index in [1.807, 2.05) is 26.0 Å². The summed E-state index contributed by atoms with van der Waals surface area (Å²) >= 11 is 0. The minimum absolute atomic E-state index is 0.00444. The van der Waals surface area contributed by atoms with Gasteiger partial charge in [0.2, 0.25) is 0 Å². The van der Waals surface area contributed by atoms with Gasteiger partial charge in [-0.05, 0) is 118 Å². The molecule has 1 unspecified atom stereocenters. The van der Waals surface area contributed by atoms with E-state index >= 15 is 0 Å². The highest BCUT2D eigenvalue weighted by molar-refractivity contribution is 5.64. The topological polar surface area (TPSA) is 80.9 Å². The molecule has 4 aromatic carbocycles. The second kappa shape index (κ2) is 15.6. The number of hydrogen-bond donors (Lipinski definition) is 4. The molecule has 0 spiro atoms. The summed E-state index contributed by atoms with van der Waals surface area (Å²) in [4.78, 5) is 0. The average molecular weight is 791 g/mol. The first-order valence-corrected chi connectivity index (χ1v) is 21.5. The van der Waals surface area contributed by atoms with Crippen molar-refractivity contribution in [1.29, 1.82) is 0 Å². The van der Waals surface area contributed by atoms with Crippen LogP contribution < -0.4 is 0 Å². The fourth-order valence-electron chi connectivity index (χ4n) is 9.76. The zero-order valence-electron chi connectivity index (χ0n) is 40.0. The lowest BCUT2D eigenvalue weighted by atomic mass is 9.55. The van der Waals surface area contributed by atoms with Crippen molar-refractivity contribution in [3.05, 3.63) is 115 Å². The third-order valence-corrected chi connectivity index (χ3v) is 12.1. The second-order valence-corrected chi connectivity index (χ2v) is 23.4. The Morgan fingerprint density at radius 2 is 0.690 bits per heavy atom. The van der Waals surface area contributed by atoms with E-state index in [2.05, 4.69) is 161 Å². The van der Waals surface area contributed by atoms with Gasteiger partial charge in [0.15, 0.2) is 0 Å². The Labute approximate surface area is 353 Å². The maximum absolute atomic E-state index is 12.7. The van der Waals surface area contributed by atoms with E-state index < -0.39 is 33.0 Å². The van der Waals surface area contributed by atoms with E-state index in [4.69, 9.17) is 0 Å². The van der Waals surface area contributed by atoms with Crippen molar-refractivity contribution < 1.29 is 20.4 Å². The van der Waals surface area contributed by atoms with Crippen LogP contribution in [0.15, 0.2) is 48.5 Å². The third kappa shape index (κ3) is 9.42. The van der Waals surface area contributed by atoms with Crippen molar-refractivity contribution in [1.82, 2.24) is 0 Å². The fraction of sp³-hybridized carbons (Fsp3) is 0.556. The van der Waals surface area contributed by atoms with Gasteiger partial charge in [0.1, 0.15) is 23.0 Å². The van der Waals surface area contributed by atoms with Crippen molar-refractivity contribution in [2.45, 2.75) is 184 Å². The molecule has 1 atom stereocenters. The van der Waals surface area contributed by atoms with E-state index in [9.17, 15) is 20.4 Å². The molecule has 4 nitrogen and oxygen atoms in total. The van der Waals surface area contributed by atoms with Crippen LogP contribution in [0.2, 0.25) is 0 Å². The maximum atomic E-state index is 12.7. The normalized spacial score (nSPS) is 14.0. The standard InChI is InChI=1S/C54H78O4/c1-31-21-34(4)45(55)42(23-31)54(30-33(3)29-49(6,7)8,43-24-32(2)22-35(5)46(43)56)44(36-25-38(50(9,10)11)47(57)39(26-36)51(12,13)14)37-27-40(52(15,16)17)48(58)41(28-37)53(18,19)20/h21-28,33,44,55-58H,29-30H2,1-20H3. The summed E-state index contributed by atoms with van der Waals surface area (Å²) < 4.78 is 0. The lowest BCUT2D eigenvalue weighted by molar-refractivity contribution is 0.246. The summed E-state index contributed by atoms with van der Waals surface area (Å²) in [5.41, 5.74) is 7.75. The van der Waals surface area contributed by atoms with Gasteiger partial charge in [0, 0.05) is 22.5 Å². The van der Waals surface area contributed by atoms with Gasteiger partial charge in [-0.3, -0.25) is 0 Å². The van der Waals surface area contributed by atoms with E-state index in [0.29, 0.717) is 17.9 Å². The van der Waals surface area contributed by atoms with Crippen LogP contribution in [-0.4, -0.2) is 20.4 Å². The van der Waals surface area contributed by atoms with Crippen molar-refractivity contribution in [2.24, 2.45) is 11.3 Å². The van der Waals surface area contributed by atoms with Gasteiger partial charge in [-0.25, -0.2) is 0 Å². The van der Waals surface area contributed by atoms with Crippen LogP contribution in [0.5, 0.6) is 23.0 Å². The first-order chi connectivity index (χ1) is 26.1. The van der Waals surface area contributed by atoms with Gasteiger partial charge in [-0.1, -0.05) is 170 Å². The van der Waals surface area contributed by atoms with Crippen molar-refractivity contribution >= 4 is 0 Å². The van der Waals surface area contributed by atoms with Crippen LogP contribution in [0.25, 0.3) is 0 Å². The quantitative estimate of drug-likeness (QED) is 0.143. The Balaban J connectivity index is 2.56. The highest BCUT2D eigenvalue weighted by atomic mass is 16.3. The Hall–Kier alpha value is -3.92. The molecule has 58 heavy (non-hydrogen) atoms. The Morgan fingerprint density at radius 3 is 0.948 bits per heavy atom. The molecular weight excluding hydrogens is 713 g/mol. The lowest BCUT2D eigenvalue weighted by Crippen LogP contribution is -2.39. The van der Waals surface area contributed by atoms with Gasteiger partial charge in [-0.2, -0.15) is 0 Å². The molecule has 0 bridgehead atoms. The lowest BCUT2D eigenvalue weighted by Gasteiger charge is -2.47. The zero-order chi connectivity index (χ0) is 44.5. The number of aryl methyl sites for hydroxylation is 4. The highest BCUT2D eigenvalue weighted by Gasteiger charge is 2.50. The van der Waals surface area contributed by atoms with E-state index in [-0.39, 0.29) is 22.8 Å². The molecule has 0 aromatic heterocycles. The van der Waals surface area contributed by atoms with Crippen LogP contribution >= 0.6 is 0 Å². The molecule has 4 rings (SSSR count). The van der Waals surface area contributed by atoms with E-state index in [1.165, 1.54) is 0 Å². The van der Waals surface area contributed by atoms with E-state index in [0.717, 1.165) is 73.2 Å². The molecule has 318 valence electrons. The monoisotopic (exact) mass is 791 g/mol.